The van der Waals surface area contributed by atoms with Crippen molar-refractivity contribution in [1.29, 1.82) is 0 Å². The van der Waals surface area contributed by atoms with Crippen LogP contribution >= 0.6 is 11.8 Å². The molecule has 1 heterocycles. The molecule has 0 bridgehead atoms. The highest BCUT2D eigenvalue weighted by Gasteiger charge is 2.00. The Kier molecular flexibility index (Phi) is 3.78. The van der Waals surface area contributed by atoms with Crippen LogP contribution in [0.1, 0.15) is 0 Å². The van der Waals surface area contributed by atoms with E-state index < -0.39 is 0 Å². The first-order valence-electron chi connectivity index (χ1n) is 3.74. The minimum Gasteiger partial charge on any atom is -0.384 e. The lowest BCUT2D eigenvalue weighted by Gasteiger charge is -2.01. The number of ether oxygens (including phenoxy) is 1. The summed E-state index contributed by atoms with van der Waals surface area (Å²) in [7, 11) is 1.65. The molecule has 0 amide bonds. The molecule has 0 saturated carbocycles. The number of methoxy groups -OCH3 is 1. The Morgan fingerprint density at radius 2 is 2.00 bits per heavy atom. The molecule has 4 N–H and O–H groups in total. The molecule has 0 aliphatic heterocycles. The second-order valence-electron chi connectivity index (χ2n) is 2.34. The third-order valence-corrected chi connectivity index (χ3v) is 2.08. The van der Waals surface area contributed by atoms with Crippen LogP contribution in [0, 0.1) is 0 Å². The maximum Gasteiger partial charge on any atom is 0.191 e. The first-order valence-corrected chi connectivity index (χ1v) is 4.72. The third kappa shape index (κ3) is 3.47. The van der Waals surface area contributed by atoms with Gasteiger partial charge in [-0.2, -0.15) is 0 Å². The maximum atomic E-state index is 5.49. The van der Waals surface area contributed by atoms with Gasteiger partial charge in [0.2, 0.25) is 0 Å². The van der Waals surface area contributed by atoms with Gasteiger partial charge in [0, 0.05) is 18.9 Å². The predicted molar refractivity (Wildman–Crippen MR) is 53.5 cm³/mol. The van der Waals surface area contributed by atoms with Crippen molar-refractivity contribution in [3.63, 3.8) is 0 Å². The lowest BCUT2D eigenvalue weighted by atomic mass is 10.5. The summed E-state index contributed by atoms with van der Waals surface area (Å²) in [6.07, 6.45) is 0. The second kappa shape index (κ2) is 4.88. The van der Waals surface area contributed by atoms with E-state index in [1.807, 2.05) is 0 Å². The van der Waals surface area contributed by atoms with E-state index >= 15 is 0 Å². The van der Waals surface area contributed by atoms with Crippen LogP contribution in [0.5, 0.6) is 0 Å². The number of hydrogen-bond donors (Lipinski definition) is 2. The summed E-state index contributed by atoms with van der Waals surface area (Å²) >= 11 is 1.47. The van der Waals surface area contributed by atoms with Crippen LogP contribution in [0.15, 0.2) is 11.2 Å². The molecule has 0 unspecified atom stereocenters. The van der Waals surface area contributed by atoms with Gasteiger partial charge >= 0.3 is 0 Å². The van der Waals surface area contributed by atoms with Crippen molar-refractivity contribution < 1.29 is 4.74 Å². The molecule has 0 fully saturated rings. The number of nitrogens with two attached hydrogens (primary N) is 2. The molecule has 72 valence electrons. The molecule has 0 aliphatic carbocycles. The van der Waals surface area contributed by atoms with E-state index in [0.29, 0.717) is 23.4 Å². The summed E-state index contributed by atoms with van der Waals surface area (Å²) in [5.74, 6) is 1.58. The SMILES string of the molecule is COCCSc1nc(N)cc(N)n1. The molecule has 6 heteroatoms. The Morgan fingerprint density at radius 3 is 2.54 bits per heavy atom. The molecule has 13 heavy (non-hydrogen) atoms. The van der Waals surface area contributed by atoms with Crippen LogP contribution in [0.25, 0.3) is 0 Å². The average Bonchev–Trinajstić information content (AvgIpc) is 2.03. The summed E-state index contributed by atoms with van der Waals surface area (Å²) in [6, 6.07) is 1.53. The fourth-order valence-corrected chi connectivity index (χ4v) is 1.52. The maximum absolute atomic E-state index is 5.49. The summed E-state index contributed by atoms with van der Waals surface area (Å²) in [4.78, 5) is 8.00. The number of thioether (sulfide) groups is 1. The van der Waals surface area contributed by atoms with E-state index in [-0.39, 0.29) is 0 Å². The topological polar surface area (TPSA) is 87.0 Å². The number of anilines is 2. The smallest absolute Gasteiger partial charge is 0.191 e. The number of hydrogen-bond acceptors (Lipinski definition) is 6. The Hall–Kier alpha value is -1.01. The van der Waals surface area contributed by atoms with E-state index in [9.17, 15) is 0 Å². The Morgan fingerprint density at radius 1 is 1.38 bits per heavy atom. The van der Waals surface area contributed by atoms with Crippen LogP contribution in [-0.4, -0.2) is 29.4 Å². The van der Waals surface area contributed by atoms with Crippen LogP contribution in [0.2, 0.25) is 0 Å². The highest BCUT2D eigenvalue weighted by atomic mass is 32.2. The fraction of sp³-hybridized carbons (Fsp3) is 0.429. The first kappa shape index (κ1) is 10.1. The minimum absolute atomic E-state index is 0.396. The van der Waals surface area contributed by atoms with E-state index in [0.717, 1.165) is 5.75 Å². The zero-order valence-corrected chi connectivity index (χ0v) is 8.17. The quantitative estimate of drug-likeness (QED) is 0.415. The van der Waals surface area contributed by atoms with E-state index in [4.69, 9.17) is 16.2 Å². The third-order valence-electron chi connectivity index (χ3n) is 1.26. The Balaban J connectivity index is 2.56. The van der Waals surface area contributed by atoms with Crippen molar-refractivity contribution in [2.45, 2.75) is 5.16 Å². The number of aromatic nitrogens is 2. The molecule has 1 aromatic rings. The van der Waals surface area contributed by atoms with Crippen LogP contribution < -0.4 is 11.5 Å². The molecule has 1 aromatic heterocycles. The molecular weight excluding hydrogens is 188 g/mol. The normalized spacial score (nSPS) is 10.2. The van der Waals surface area contributed by atoms with Crippen molar-refractivity contribution in [1.82, 2.24) is 9.97 Å². The summed E-state index contributed by atoms with van der Waals surface area (Å²) in [5.41, 5.74) is 11.0. The van der Waals surface area contributed by atoms with Crippen LogP contribution in [0.4, 0.5) is 11.6 Å². The number of nitrogen functional groups attached to an aromatic ring is 2. The van der Waals surface area contributed by atoms with Gasteiger partial charge in [-0.25, -0.2) is 9.97 Å². The molecular formula is C7H12N4OS. The second-order valence-corrected chi connectivity index (χ2v) is 3.40. The number of rotatable bonds is 4. The van der Waals surface area contributed by atoms with Crippen molar-refractivity contribution in [3.05, 3.63) is 6.07 Å². The average molecular weight is 200 g/mol. The van der Waals surface area contributed by atoms with Gasteiger partial charge in [-0.05, 0) is 0 Å². The minimum atomic E-state index is 0.396. The molecule has 0 spiro atoms. The van der Waals surface area contributed by atoms with Gasteiger partial charge in [0.25, 0.3) is 0 Å². The summed E-state index contributed by atoms with van der Waals surface area (Å²) in [5, 5.41) is 0.592. The lowest BCUT2D eigenvalue weighted by molar-refractivity contribution is 0.218. The summed E-state index contributed by atoms with van der Waals surface area (Å²) < 4.78 is 4.89. The molecule has 5 nitrogen and oxygen atoms in total. The Labute approximate surface area is 80.9 Å². The van der Waals surface area contributed by atoms with Gasteiger partial charge in [-0.1, -0.05) is 11.8 Å². The van der Waals surface area contributed by atoms with E-state index in [1.165, 1.54) is 17.8 Å². The highest BCUT2D eigenvalue weighted by Crippen LogP contribution is 2.15. The zero-order chi connectivity index (χ0) is 9.68. The van der Waals surface area contributed by atoms with E-state index in [2.05, 4.69) is 9.97 Å². The zero-order valence-electron chi connectivity index (χ0n) is 7.36. The van der Waals surface area contributed by atoms with Gasteiger partial charge in [-0.3, -0.25) is 0 Å². The van der Waals surface area contributed by atoms with Crippen molar-refractivity contribution in [2.75, 3.05) is 30.9 Å². The Bertz CT molecular complexity index is 261. The van der Waals surface area contributed by atoms with Gasteiger partial charge in [0.1, 0.15) is 11.6 Å². The molecule has 0 atom stereocenters. The van der Waals surface area contributed by atoms with Gasteiger partial charge in [0.15, 0.2) is 5.16 Å². The molecule has 0 aromatic carbocycles. The molecule has 0 radical (unpaired) electrons. The van der Waals surface area contributed by atoms with Gasteiger partial charge in [0.05, 0.1) is 6.61 Å². The van der Waals surface area contributed by atoms with Crippen molar-refractivity contribution in [3.8, 4) is 0 Å². The predicted octanol–water partition coefficient (Wildman–Crippen LogP) is 0.379. The number of nitrogens with zero attached hydrogens (tertiary/aromatic N) is 2. The lowest BCUT2D eigenvalue weighted by Crippen LogP contribution is -2.00. The van der Waals surface area contributed by atoms with Crippen molar-refractivity contribution >= 4 is 23.4 Å². The van der Waals surface area contributed by atoms with Crippen LogP contribution in [0.3, 0.4) is 0 Å². The van der Waals surface area contributed by atoms with Crippen LogP contribution in [-0.2, 0) is 4.74 Å². The van der Waals surface area contributed by atoms with Gasteiger partial charge < -0.3 is 16.2 Å². The fourth-order valence-electron chi connectivity index (χ4n) is 0.743. The van der Waals surface area contributed by atoms with E-state index in [1.54, 1.807) is 7.11 Å². The van der Waals surface area contributed by atoms with Gasteiger partial charge in [-0.15, -0.1) is 0 Å². The highest BCUT2D eigenvalue weighted by molar-refractivity contribution is 7.99. The molecule has 0 aliphatic rings. The standard InChI is InChI=1S/C7H12N4OS/c1-12-2-3-13-7-10-5(8)4-6(9)11-7/h4H,2-3H2,1H3,(H4,8,9,10,11). The monoisotopic (exact) mass is 200 g/mol. The first-order chi connectivity index (χ1) is 6.22. The molecule has 1 rings (SSSR count). The largest absolute Gasteiger partial charge is 0.384 e. The van der Waals surface area contributed by atoms with Crippen molar-refractivity contribution in [2.24, 2.45) is 0 Å². The molecule has 0 saturated heterocycles. The summed E-state index contributed by atoms with van der Waals surface area (Å²) in [6.45, 7) is 0.655.